The molecular formula is C28H37NO4. The number of carbonyl (C=O) groups excluding carboxylic acids is 3. The molecule has 33 heavy (non-hydrogen) atoms. The standard InChI is InChI=1S/C23H27NO3.C5H10O/c1-16-14-20(24(21(16)25)22(26)27-23(2,3)4)15-17-10-12-19(13-11-17)18-8-6-5-7-9-18;1-5(2,3)4-6/h5-13,16,20H,14-15H2,1-4H3;4H,1-3H3/t16?,20-;/m0./s1. The monoisotopic (exact) mass is 451 g/mol. The molecule has 0 saturated carbocycles. The summed E-state index contributed by atoms with van der Waals surface area (Å²) in [5, 5.41) is 0. The van der Waals surface area contributed by atoms with Crippen LogP contribution in [0.15, 0.2) is 54.6 Å². The second-order valence-corrected chi connectivity index (χ2v) is 10.7. The molecule has 5 nitrogen and oxygen atoms in total. The number of ether oxygens (including phenoxy) is 1. The number of amides is 2. The minimum Gasteiger partial charge on any atom is -0.443 e. The molecule has 2 amide bonds. The van der Waals surface area contributed by atoms with Crippen molar-refractivity contribution in [3.8, 4) is 11.1 Å². The molecule has 3 rings (SSSR count). The van der Waals surface area contributed by atoms with Gasteiger partial charge in [0, 0.05) is 17.4 Å². The zero-order valence-corrected chi connectivity index (χ0v) is 20.9. The minimum atomic E-state index is -0.620. The molecule has 2 atom stereocenters. The number of benzene rings is 2. The minimum absolute atomic E-state index is 0.139. The van der Waals surface area contributed by atoms with E-state index in [1.807, 2.05) is 66.7 Å². The Morgan fingerprint density at radius 1 is 0.970 bits per heavy atom. The van der Waals surface area contributed by atoms with Crippen LogP contribution < -0.4 is 0 Å². The molecule has 2 aromatic rings. The van der Waals surface area contributed by atoms with Crippen LogP contribution in [0.5, 0.6) is 0 Å². The van der Waals surface area contributed by atoms with Gasteiger partial charge in [-0.3, -0.25) is 4.79 Å². The number of carbonyl (C=O) groups is 3. The van der Waals surface area contributed by atoms with Gasteiger partial charge in [0.2, 0.25) is 5.91 Å². The molecule has 0 radical (unpaired) electrons. The fourth-order valence-corrected chi connectivity index (χ4v) is 3.49. The van der Waals surface area contributed by atoms with Crippen molar-refractivity contribution in [2.24, 2.45) is 11.3 Å². The summed E-state index contributed by atoms with van der Waals surface area (Å²) in [6.07, 6.45) is 1.71. The summed E-state index contributed by atoms with van der Waals surface area (Å²) in [5.74, 6) is -0.304. The highest BCUT2D eigenvalue weighted by molar-refractivity contribution is 5.95. The molecule has 0 aromatic heterocycles. The van der Waals surface area contributed by atoms with Crippen LogP contribution in [0, 0.1) is 11.3 Å². The third-order valence-electron chi connectivity index (χ3n) is 5.13. The number of hydrogen-bond donors (Lipinski definition) is 0. The number of nitrogens with zero attached hydrogens (tertiary/aromatic N) is 1. The van der Waals surface area contributed by atoms with Gasteiger partial charge in [0.15, 0.2) is 0 Å². The van der Waals surface area contributed by atoms with Crippen LogP contribution in [0.3, 0.4) is 0 Å². The molecule has 0 aliphatic carbocycles. The van der Waals surface area contributed by atoms with Crippen LogP contribution in [0.25, 0.3) is 11.1 Å². The zero-order valence-electron chi connectivity index (χ0n) is 20.9. The van der Waals surface area contributed by atoms with Crippen molar-refractivity contribution < 1.29 is 19.1 Å². The van der Waals surface area contributed by atoms with Crippen LogP contribution in [-0.4, -0.2) is 34.8 Å². The van der Waals surface area contributed by atoms with Gasteiger partial charge in [-0.05, 0) is 50.3 Å². The summed E-state index contributed by atoms with van der Waals surface area (Å²) in [6.45, 7) is 12.9. The summed E-state index contributed by atoms with van der Waals surface area (Å²) in [6, 6.07) is 18.4. The van der Waals surface area contributed by atoms with E-state index in [4.69, 9.17) is 4.74 Å². The zero-order chi connectivity index (χ0) is 24.8. The van der Waals surface area contributed by atoms with E-state index in [9.17, 15) is 14.4 Å². The van der Waals surface area contributed by atoms with Crippen molar-refractivity contribution in [3.63, 3.8) is 0 Å². The Bertz CT molecular complexity index is 937. The lowest BCUT2D eigenvalue weighted by Gasteiger charge is -2.27. The van der Waals surface area contributed by atoms with E-state index >= 15 is 0 Å². The molecule has 1 aliphatic rings. The van der Waals surface area contributed by atoms with E-state index < -0.39 is 11.7 Å². The van der Waals surface area contributed by atoms with E-state index in [1.54, 1.807) is 0 Å². The molecule has 1 unspecified atom stereocenters. The SMILES string of the molecule is CC(C)(C)C=O.CC1C[C@@H](Cc2ccc(-c3ccccc3)cc2)N(C(=O)OC(C)(C)C)C1=O. The van der Waals surface area contributed by atoms with E-state index in [2.05, 4.69) is 36.4 Å². The predicted octanol–water partition coefficient (Wildman–Crippen LogP) is 6.30. The number of aldehydes is 1. The van der Waals surface area contributed by atoms with Gasteiger partial charge in [0.05, 0.1) is 0 Å². The third-order valence-corrected chi connectivity index (χ3v) is 5.13. The maximum Gasteiger partial charge on any atom is 0.417 e. The third kappa shape index (κ3) is 8.16. The van der Waals surface area contributed by atoms with Gasteiger partial charge < -0.3 is 9.53 Å². The Balaban J connectivity index is 0.000000569. The lowest BCUT2D eigenvalue weighted by Crippen LogP contribution is -2.43. The molecule has 0 N–H and O–H groups in total. The first kappa shape index (κ1) is 26.3. The lowest BCUT2D eigenvalue weighted by atomic mass is 9.98. The maximum absolute atomic E-state index is 12.5. The number of rotatable bonds is 3. The highest BCUT2D eigenvalue weighted by Gasteiger charge is 2.42. The van der Waals surface area contributed by atoms with Gasteiger partial charge in [0.1, 0.15) is 11.9 Å². The van der Waals surface area contributed by atoms with Gasteiger partial charge >= 0.3 is 6.09 Å². The van der Waals surface area contributed by atoms with Crippen LogP contribution in [-0.2, 0) is 20.7 Å². The smallest absolute Gasteiger partial charge is 0.417 e. The Hall–Kier alpha value is -2.95. The molecule has 178 valence electrons. The van der Waals surface area contributed by atoms with Gasteiger partial charge in [-0.2, -0.15) is 0 Å². The summed E-state index contributed by atoms with van der Waals surface area (Å²) >= 11 is 0. The highest BCUT2D eigenvalue weighted by atomic mass is 16.6. The first-order valence-electron chi connectivity index (χ1n) is 11.5. The van der Waals surface area contributed by atoms with Crippen molar-refractivity contribution in [2.45, 2.75) is 73.0 Å². The molecule has 0 spiro atoms. The first-order valence-corrected chi connectivity index (χ1v) is 11.5. The topological polar surface area (TPSA) is 63.7 Å². The van der Waals surface area contributed by atoms with Crippen LogP contribution >= 0.6 is 0 Å². The molecule has 1 saturated heterocycles. The van der Waals surface area contributed by atoms with E-state index in [0.29, 0.717) is 12.8 Å². The second-order valence-electron chi connectivity index (χ2n) is 10.7. The highest BCUT2D eigenvalue weighted by Crippen LogP contribution is 2.29. The lowest BCUT2D eigenvalue weighted by molar-refractivity contribution is -0.130. The van der Waals surface area contributed by atoms with Crippen molar-refractivity contribution in [1.29, 1.82) is 0 Å². The van der Waals surface area contributed by atoms with Gasteiger partial charge in [0.25, 0.3) is 0 Å². The molecule has 1 aliphatic heterocycles. The maximum atomic E-state index is 12.5. The van der Waals surface area contributed by atoms with Gasteiger partial charge in [-0.1, -0.05) is 82.3 Å². The number of hydrogen-bond acceptors (Lipinski definition) is 4. The molecule has 2 aromatic carbocycles. The quantitative estimate of drug-likeness (QED) is 0.514. The summed E-state index contributed by atoms with van der Waals surface area (Å²) in [4.78, 5) is 36.2. The molecule has 5 heteroatoms. The van der Waals surface area contributed by atoms with Crippen LogP contribution in [0.1, 0.15) is 60.5 Å². The van der Waals surface area contributed by atoms with E-state index in [0.717, 1.165) is 17.4 Å². The van der Waals surface area contributed by atoms with Crippen molar-refractivity contribution >= 4 is 18.3 Å². The fourth-order valence-electron chi connectivity index (χ4n) is 3.49. The molecular weight excluding hydrogens is 414 g/mol. The average molecular weight is 452 g/mol. The Labute approximate surface area is 198 Å². The normalized spacial score (nSPS) is 18.4. The van der Waals surface area contributed by atoms with E-state index in [1.165, 1.54) is 10.5 Å². The second kappa shape index (κ2) is 10.8. The van der Waals surface area contributed by atoms with Crippen LogP contribution in [0.4, 0.5) is 4.79 Å². The summed E-state index contributed by atoms with van der Waals surface area (Å²) in [5.41, 5.74) is 2.67. The van der Waals surface area contributed by atoms with Crippen molar-refractivity contribution in [1.82, 2.24) is 4.90 Å². The molecule has 1 fully saturated rings. The predicted molar refractivity (Wildman–Crippen MR) is 132 cm³/mol. The molecule has 1 heterocycles. The first-order chi connectivity index (χ1) is 15.3. The number of imide groups is 1. The largest absolute Gasteiger partial charge is 0.443 e. The van der Waals surface area contributed by atoms with Gasteiger partial charge in [-0.25, -0.2) is 9.69 Å². The fraction of sp³-hybridized carbons (Fsp3) is 0.464. The number of likely N-dealkylation sites (tertiary alicyclic amines) is 1. The summed E-state index contributed by atoms with van der Waals surface area (Å²) < 4.78 is 5.45. The summed E-state index contributed by atoms with van der Waals surface area (Å²) in [7, 11) is 0. The van der Waals surface area contributed by atoms with Gasteiger partial charge in [-0.15, -0.1) is 0 Å². The Morgan fingerprint density at radius 3 is 1.97 bits per heavy atom. The Kier molecular flexibility index (Phi) is 8.59. The molecule has 0 bridgehead atoms. The Morgan fingerprint density at radius 2 is 1.48 bits per heavy atom. The van der Waals surface area contributed by atoms with E-state index in [-0.39, 0.29) is 23.3 Å². The van der Waals surface area contributed by atoms with Crippen LogP contribution in [0.2, 0.25) is 0 Å². The van der Waals surface area contributed by atoms with Crippen molar-refractivity contribution in [2.75, 3.05) is 0 Å². The van der Waals surface area contributed by atoms with Crippen molar-refractivity contribution in [3.05, 3.63) is 60.2 Å². The average Bonchev–Trinajstić information content (AvgIpc) is 3.01.